The average molecular weight is 589 g/mol. The molecule has 3 heterocycles. The van der Waals surface area contributed by atoms with Crippen LogP contribution in [0, 0.1) is 6.92 Å². The van der Waals surface area contributed by atoms with E-state index in [0.717, 1.165) is 39.7 Å². The fraction of sp³-hybridized carbons (Fsp3) is 0.167. The number of rotatable bonds is 6. The number of nitrogens with zero attached hydrogens (tertiary/aromatic N) is 4. The summed E-state index contributed by atoms with van der Waals surface area (Å²) in [6, 6.07) is 21.1. The largest absolute Gasteiger partial charge is 0.279 e. The van der Waals surface area contributed by atoms with Crippen LogP contribution >= 0.6 is 22.9 Å². The van der Waals surface area contributed by atoms with Crippen molar-refractivity contribution in [3.63, 3.8) is 0 Å². The third-order valence-corrected chi connectivity index (χ3v) is 10.0. The van der Waals surface area contributed by atoms with Crippen molar-refractivity contribution in [2.75, 3.05) is 15.7 Å². The van der Waals surface area contributed by atoms with E-state index in [9.17, 15) is 13.2 Å². The van der Waals surface area contributed by atoms with Gasteiger partial charge in [-0.25, -0.2) is 13.4 Å². The first-order chi connectivity index (χ1) is 19.3. The maximum atomic E-state index is 13.9. The summed E-state index contributed by atoms with van der Waals surface area (Å²) in [7, 11) is -3.79. The Hall–Kier alpha value is -3.79. The molecular weight excluding hydrogens is 564 g/mol. The zero-order valence-corrected chi connectivity index (χ0v) is 24.0. The molecule has 0 unspecified atom stereocenters. The molecule has 6 rings (SSSR count). The Kier molecular flexibility index (Phi) is 7.04. The van der Waals surface area contributed by atoms with Crippen LogP contribution in [0.25, 0.3) is 10.2 Å². The van der Waals surface area contributed by atoms with Crippen LogP contribution in [0.3, 0.4) is 0 Å². The highest BCUT2D eigenvalue weighted by Gasteiger charge is 2.29. The second-order valence-electron chi connectivity index (χ2n) is 9.65. The van der Waals surface area contributed by atoms with Crippen molar-refractivity contribution in [3.05, 3.63) is 112 Å². The minimum absolute atomic E-state index is 0.143. The number of hydrogen-bond acceptors (Lipinski definition) is 6. The summed E-state index contributed by atoms with van der Waals surface area (Å²) < 4.78 is 29.5. The van der Waals surface area contributed by atoms with Gasteiger partial charge in [0.1, 0.15) is 0 Å². The number of sulfonamides is 1. The summed E-state index contributed by atoms with van der Waals surface area (Å²) in [6.45, 7) is 2.61. The Morgan fingerprint density at radius 1 is 1.07 bits per heavy atom. The molecule has 2 aromatic heterocycles. The first-order valence-electron chi connectivity index (χ1n) is 12.8. The maximum absolute atomic E-state index is 13.9. The number of thiazole rings is 1. The molecule has 3 aromatic carbocycles. The van der Waals surface area contributed by atoms with Crippen LogP contribution in [0.15, 0.2) is 90.1 Å². The third kappa shape index (κ3) is 4.96. The van der Waals surface area contributed by atoms with Gasteiger partial charge in [0.15, 0.2) is 5.13 Å². The molecule has 0 radical (unpaired) electrons. The topological polar surface area (TPSA) is 83.5 Å². The molecule has 7 nitrogen and oxygen atoms in total. The molecule has 0 N–H and O–H groups in total. The highest BCUT2D eigenvalue weighted by molar-refractivity contribution is 7.92. The molecule has 0 saturated carbocycles. The van der Waals surface area contributed by atoms with Gasteiger partial charge in [-0.15, -0.1) is 0 Å². The van der Waals surface area contributed by atoms with Gasteiger partial charge in [0.25, 0.3) is 15.9 Å². The Labute approximate surface area is 241 Å². The minimum Gasteiger partial charge on any atom is -0.279 e. The van der Waals surface area contributed by atoms with Gasteiger partial charge < -0.3 is 0 Å². The summed E-state index contributed by atoms with van der Waals surface area (Å²) in [4.78, 5) is 24.6. The van der Waals surface area contributed by atoms with Crippen LogP contribution in [0.2, 0.25) is 5.02 Å². The Balaban J connectivity index is 1.34. The van der Waals surface area contributed by atoms with Crippen LogP contribution in [-0.4, -0.2) is 30.8 Å². The molecule has 1 amide bonds. The first-order valence-corrected chi connectivity index (χ1v) is 15.4. The minimum atomic E-state index is -3.79. The van der Waals surface area contributed by atoms with Crippen molar-refractivity contribution < 1.29 is 13.2 Å². The summed E-state index contributed by atoms with van der Waals surface area (Å²) in [5.74, 6) is -0.293. The van der Waals surface area contributed by atoms with Crippen LogP contribution in [0.1, 0.15) is 33.5 Å². The summed E-state index contributed by atoms with van der Waals surface area (Å²) >= 11 is 7.66. The second-order valence-corrected chi connectivity index (χ2v) is 13.0. The Morgan fingerprint density at radius 3 is 2.65 bits per heavy atom. The van der Waals surface area contributed by atoms with Gasteiger partial charge in [-0.3, -0.25) is 19.0 Å². The molecule has 0 aliphatic carbocycles. The predicted molar refractivity (Wildman–Crippen MR) is 160 cm³/mol. The van der Waals surface area contributed by atoms with Crippen LogP contribution in [0.5, 0.6) is 0 Å². The monoisotopic (exact) mass is 588 g/mol. The van der Waals surface area contributed by atoms with Gasteiger partial charge in [0.2, 0.25) is 0 Å². The van der Waals surface area contributed by atoms with Gasteiger partial charge in [-0.1, -0.05) is 47.2 Å². The van der Waals surface area contributed by atoms with E-state index in [4.69, 9.17) is 16.6 Å². The molecule has 0 bridgehead atoms. The first kappa shape index (κ1) is 26.4. The number of carbonyl (C=O) groups excluding carboxylic acids is 1. The Morgan fingerprint density at radius 2 is 1.88 bits per heavy atom. The normalized spacial score (nSPS) is 13.3. The maximum Gasteiger partial charge on any atom is 0.264 e. The number of aromatic nitrogens is 2. The van der Waals surface area contributed by atoms with E-state index < -0.39 is 10.0 Å². The molecule has 0 saturated heterocycles. The molecule has 1 aliphatic rings. The number of fused-ring (bicyclic) bond motifs is 2. The summed E-state index contributed by atoms with van der Waals surface area (Å²) in [5.41, 5.74) is 4.64. The van der Waals surface area contributed by atoms with Gasteiger partial charge in [0.05, 0.1) is 27.3 Å². The molecular formula is C30H25ClN4O3S2. The second kappa shape index (κ2) is 10.6. The molecule has 202 valence electrons. The van der Waals surface area contributed by atoms with Crippen molar-refractivity contribution in [3.8, 4) is 0 Å². The van der Waals surface area contributed by atoms with E-state index in [2.05, 4.69) is 4.98 Å². The SMILES string of the molecule is Cc1cc(Cl)cc2sc(N(Cc3cccnc3)C(=O)c3ccc(S(=O)(=O)N4CCCc5ccccc54)cc3)nc12. The van der Waals surface area contributed by atoms with E-state index in [1.807, 2.05) is 55.5 Å². The van der Waals surface area contributed by atoms with Crippen molar-refractivity contribution in [1.29, 1.82) is 0 Å². The summed E-state index contributed by atoms with van der Waals surface area (Å²) in [5, 5.41) is 1.13. The van der Waals surface area contributed by atoms with Crippen molar-refractivity contribution in [2.24, 2.45) is 0 Å². The van der Waals surface area contributed by atoms with Crippen LogP contribution in [0.4, 0.5) is 10.8 Å². The standard InChI is InChI=1S/C30H25ClN4O3S2/c1-20-16-24(31)17-27-28(20)33-30(39-27)34(19-21-6-4-14-32-18-21)29(36)23-10-12-25(13-11-23)40(37,38)35-15-5-8-22-7-2-3-9-26(22)35/h2-4,6-7,9-14,16-18H,5,8,15,19H2,1H3. The Bertz CT molecular complexity index is 1820. The lowest BCUT2D eigenvalue weighted by molar-refractivity contribution is 0.0985. The highest BCUT2D eigenvalue weighted by atomic mass is 35.5. The van der Waals surface area contributed by atoms with E-state index >= 15 is 0 Å². The zero-order valence-electron chi connectivity index (χ0n) is 21.6. The van der Waals surface area contributed by atoms with Gasteiger partial charge in [0, 0.05) is 29.5 Å². The average Bonchev–Trinajstić information content (AvgIpc) is 3.40. The van der Waals surface area contributed by atoms with Gasteiger partial charge in [-0.2, -0.15) is 0 Å². The van der Waals surface area contributed by atoms with E-state index in [0.29, 0.717) is 27.9 Å². The number of aryl methyl sites for hydroxylation is 2. The third-order valence-electron chi connectivity index (χ3n) is 6.94. The number of anilines is 2. The fourth-order valence-electron chi connectivity index (χ4n) is 4.96. The van der Waals surface area contributed by atoms with E-state index in [1.165, 1.54) is 27.8 Å². The van der Waals surface area contributed by atoms with E-state index in [-0.39, 0.29) is 17.3 Å². The van der Waals surface area contributed by atoms with Gasteiger partial charge >= 0.3 is 0 Å². The van der Waals surface area contributed by atoms with Crippen molar-refractivity contribution in [2.45, 2.75) is 31.2 Å². The lowest BCUT2D eigenvalue weighted by atomic mass is 10.0. The predicted octanol–water partition coefficient (Wildman–Crippen LogP) is 6.64. The van der Waals surface area contributed by atoms with E-state index in [1.54, 1.807) is 29.4 Å². The van der Waals surface area contributed by atoms with Gasteiger partial charge in [-0.05, 0) is 85.0 Å². The zero-order chi connectivity index (χ0) is 27.9. The van der Waals surface area contributed by atoms with Crippen LogP contribution in [-0.2, 0) is 23.0 Å². The van der Waals surface area contributed by atoms with Crippen LogP contribution < -0.4 is 9.21 Å². The lowest BCUT2D eigenvalue weighted by Gasteiger charge is -2.30. The fourth-order valence-corrected chi connectivity index (χ4v) is 7.92. The molecule has 1 aliphatic heterocycles. The van der Waals surface area contributed by atoms with Crippen molar-refractivity contribution >= 4 is 59.9 Å². The molecule has 10 heteroatoms. The molecule has 40 heavy (non-hydrogen) atoms. The molecule has 0 fully saturated rings. The number of amides is 1. The quantitative estimate of drug-likeness (QED) is 0.222. The molecule has 0 spiro atoms. The molecule has 0 atom stereocenters. The highest BCUT2D eigenvalue weighted by Crippen LogP contribution is 2.35. The molecule has 5 aromatic rings. The smallest absolute Gasteiger partial charge is 0.264 e. The number of hydrogen-bond donors (Lipinski definition) is 0. The number of carbonyl (C=O) groups is 1. The number of halogens is 1. The number of benzene rings is 3. The summed E-state index contributed by atoms with van der Waals surface area (Å²) in [6.07, 6.45) is 4.99. The number of pyridine rings is 1. The number of para-hydroxylation sites is 1. The lowest BCUT2D eigenvalue weighted by Crippen LogP contribution is -2.35. The van der Waals surface area contributed by atoms with Crippen molar-refractivity contribution in [1.82, 2.24) is 9.97 Å².